The van der Waals surface area contributed by atoms with Gasteiger partial charge in [-0.25, -0.2) is 0 Å². The molecule has 0 amide bonds. The van der Waals surface area contributed by atoms with Crippen LogP contribution in [0.25, 0.3) is 0 Å². The fourth-order valence-corrected chi connectivity index (χ4v) is 0.759. The average Bonchev–Trinajstić information content (AvgIpc) is 1.91. The highest BCUT2D eigenvalue weighted by atomic mass is 35.5. The molecule has 0 aliphatic carbocycles. The van der Waals surface area contributed by atoms with Crippen molar-refractivity contribution in [3.8, 4) is 0 Å². The van der Waals surface area contributed by atoms with Crippen LogP contribution in [-0.4, -0.2) is 0 Å². The van der Waals surface area contributed by atoms with Crippen molar-refractivity contribution < 1.29 is 0 Å². The number of hydrogen-bond donors (Lipinski definition) is 0. The van der Waals surface area contributed by atoms with Crippen LogP contribution in [0.4, 0.5) is 0 Å². The molecule has 0 heterocycles. The minimum atomic E-state index is 0.882. The Labute approximate surface area is 67.2 Å². The topological polar surface area (TPSA) is 0 Å². The second kappa shape index (κ2) is 5.07. The van der Waals surface area contributed by atoms with Crippen molar-refractivity contribution in [2.24, 2.45) is 0 Å². The van der Waals surface area contributed by atoms with Gasteiger partial charge in [-0.3, -0.25) is 0 Å². The maximum Gasteiger partial charge on any atom is 0.00484 e. The van der Waals surface area contributed by atoms with Crippen LogP contribution < -0.4 is 0 Å². The van der Waals surface area contributed by atoms with Crippen LogP contribution >= 0.6 is 11.6 Å². The summed E-state index contributed by atoms with van der Waals surface area (Å²) in [6, 6.07) is 0. The predicted molar refractivity (Wildman–Crippen MR) is 48.1 cm³/mol. The van der Waals surface area contributed by atoms with Crippen LogP contribution in [0, 0.1) is 0 Å². The smallest absolute Gasteiger partial charge is 0.00484 e. The minimum absolute atomic E-state index is 0.882. The Kier molecular flexibility index (Phi) is 4.69. The van der Waals surface area contributed by atoms with E-state index in [4.69, 9.17) is 11.6 Å². The van der Waals surface area contributed by atoms with Crippen molar-refractivity contribution in [1.82, 2.24) is 0 Å². The van der Waals surface area contributed by atoms with E-state index in [-0.39, 0.29) is 0 Å². The van der Waals surface area contributed by atoms with Gasteiger partial charge in [0.15, 0.2) is 0 Å². The monoisotopic (exact) mass is 154 g/mol. The molecule has 0 fully saturated rings. The van der Waals surface area contributed by atoms with Gasteiger partial charge in [0.1, 0.15) is 0 Å². The largest absolute Gasteiger partial charge is 0.0985 e. The van der Waals surface area contributed by atoms with Gasteiger partial charge in [-0.1, -0.05) is 36.9 Å². The van der Waals surface area contributed by atoms with Crippen molar-refractivity contribution in [2.75, 3.05) is 0 Å². The SMILES string of the molecule is C=C/C(=C/C)C(=C)/C=C/Cl. The molecule has 0 bridgehead atoms. The maximum absolute atomic E-state index is 5.35. The number of halogens is 1. The first kappa shape index (κ1) is 9.25. The Hall–Kier alpha value is -0.750. The van der Waals surface area contributed by atoms with Crippen LogP contribution in [0.1, 0.15) is 6.92 Å². The summed E-state index contributed by atoms with van der Waals surface area (Å²) in [5.74, 6) is 0. The van der Waals surface area contributed by atoms with Crippen molar-refractivity contribution in [3.05, 3.63) is 48.1 Å². The van der Waals surface area contributed by atoms with Gasteiger partial charge >= 0.3 is 0 Å². The summed E-state index contributed by atoms with van der Waals surface area (Å²) in [5, 5.41) is 0. The van der Waals surface area contributed by atoms with Crippen LogP contribution in [0.3, 0.4) is 0 Å². The molecule has 0 atom stereocenters. The first-order chi connectivity index (χ1) is 4.76. The van der Waals surface area contributed by atoms with Crippen molar-refractivity contribution in [1.29, 1.82) is 0 Å². The van der Waals surface area contributed by atoms with Gasteiger partial charge in [0.05, 0.1) is 0 Å². The second-order valence-corrected chi connectivity index (χ2v) is 2.02. The van der Waals surface area contributed by atoms with Crippen molar-refractivity contribution in [2.45, 2.75) is 6.92 Å². The molecule has 54 valence electrons. The number of allylic oxidation sites excluding steroid dienone is 5. The van der Waals surface area contributed by atoms with Gasteiger partial charge in [0, 0.05) is 5.54 Å². The van der Waals surface area contributed by atoms with E-state index in [2.05, 4.69) is 13.2 Å². The lowest BCUT2D eigenvalue weighted by Gasteiger charge is -1.96. The lowest BCUT2D eigenvalue weighted by atomic mass is 10.1. The molecule has 0 spiro atoms. The van der Waals surface area contributed by atoms with Crippen LogP contribution in [-0.2, 0) is 0 Å². The van der Waals surface area contributed by atoms with Crippen LogP contribution in [0.15, 0.2) is 48.1 Å². The molecule has 0 aromatic heterocycles. The zero-order chi connectivity index (χ0) is 7.98. The lowest BCUT2D eigenvalue weighted by molar-refractivity contribution is 1.53. The quantitative estimate of drug-likeness (QED) is 0.547. The second-order valence-electron chi connectivity index (χ2n) is 1.77. The van der Waals surface area contributed by atoms with E-state index in [1.807, 2.05) is 13.0 Å². The van der Waals surface area contributed by atoms with E-state index in [1.54, 1.807) is 12.2 Å². The summed E-state index contributed by atoms with van der Waals surface area (Å²) in [6.07, 6.45) is 5.42. The van der Waals surface area contributed by atoms with E-state index >= 15 is 0 Å². The molecule has 0 aromatic carbocycles. The zero-order valence-electron chi connectivity index (χ0n) is 6.10. The Balaban J connectivity index is 4.32. The number of rotatable bonds is 3. The zero-order valence-corrected chi connectivity index (χ0v) is 6.86. The third-order valence-electron chi connectivity index (χ3n) is 1.17. The molecule has 0 unspecified atom stereocenters. The molecular formula is C9H11Cl. The summed E-state index contributed by atoms with van der Waals surface area (Å²) < 4.78 is 0. The van der Waals surface area contributed by atoms with E-state index in [0.29, 0.717) is 0 Å². The van der Waals surface area contributed by atoms with Gasteiger partial charge < -0.3 is 0 Å². The van der Waals surface area contributed by atoms with E-state index in [0.717, 1.165) is 11.1 Å². The molecule has 10 heavy (non-hydrogen) atoms. The van der Waals surface area contributed by atoms with Gasteiger partial charge in [0.2, 0.25) is 0 Å². The third-order valence-corrected chi connectivity index (χ3v) is 1.29. The molecule has 0 saturated heterocycles. The summed E-state index contributed by atoms with van der Waals surface area (Å²) in [6.45, 7) is 9.34. The molecule has 0 aliphatic heterocycles. The summed E-state index contributed by atoms with van der Waals surface area (Å²) in [5.41, 5.74) is 3.33. The van der Waals surface area contributed by atoms with Crippen molar-refractivity contribution in [3.63, 3.8) is 0 Å². The molecular weight excluding hydrogens is 144 g/mol. The highest BCUT2D eigenvalue weighted by molar-refractivity contribution is 6.25. The first-order valence-electron chi connectivity index (χ1n) is 3.01. The Morgan fingerprint density at radius 2 is 2.10 bits per heavy atom. The lowest BCUT2D eigenvalue weighted by Crippen LogP contribution is -1.77. The van der Waals surface area contributed by atoms with Crippen LogP contribution in [0.2, 0.25) is 0 Å². The molecule has 0 nitrogen and oxygen atoms in total. The molecule has 0 N–H and O–H groups in total. The summed E-state index contributed by atoms with van der Waals surface area (Å²) >= 11 is 5.35. The molecule has 0 aromatic rings. The predicted octanol–water partition coefficient (Wildman–Crippen LogP) is 3.43. The maximum atomic E-state index is 5.35. The first-order valence-corrected chi connectivity index (χ1v) is 3.44. The highest BCUT2D eigenvalue weighted by Gasteiger charge is 1.89. The van der Waals surface area contributed by atoms with E-state index < -0.39 is 0 Å². The highest BCUT2D eigenvalue weighted by Crippen LogP contribution is 2.09. The van der Waals surface area contributed by atoms with Gasteiger partial charge in [-0.2, -0.15) is 0 Å². The van der Waals surface area contributed by atoms with Crippen molar-refractivity contribution >= 4 is 11.6 Å². The molecule has 0 aliphatic rings. The van der Waals surface area contributed by atoms with Gasteiger partial charge in [0.25, 0.3) is 0 Å². The third kappa shape index (κ3) is 2.70. The summed E-state index contributed by atoms with van der Waals surface area (Å²) in [7, 11) is 0. The minimum Gasteiger partial charge on any atom is -0.0985 e. The molecule has 1 heteroatoms. The molecule has 0 radical (unpaired) electrons. The Morgan fingerprint density at radius 3 is 2.40 bits per heavy atom. The van der Waals surface area contributed by atoms with E-state index in [1.165, 1.54) is 5.54 Å². The number of hydrogen-bond acceptors (Lipinski definition) is 0. The standard InChI is InChI=1S/C9H11Cl/c1-4-9(5-2)8(3)6-7-10/h4-7H,1,3H2,2H3/b7-6+,9-5-. The fraction of sp³-hybridized carbons (Fsp3) is 0.111. The average molecular weight is 155 g/mol. The fourth-order valence-electron chi connectivity index (χ4n) is 0.607. The van der Waals surface area contributed by atoms with Crippen LogP contribution in [0.5, 0.6) is 0 Å². The van der Waals surface area contributed by atoms with E-state index in [9.17, 15) is 0 Å². The summed E-state index contributed by atoms with van der Waals surface area (Å²) in [4.78, 5) is 0. The van der Waals surface area contributed by atoms with Gasteiger partial charge in [-0.15, -0.1) is 0 Å². The van der Waals surface area contributed by atoms with Gasteiger partial charge in [-0.05, 0) is 24.1 Å². The normalized spacial score (nSPS) is 12.0. The Morgan fingerprint density at radius 1 is 1.50 bits per heavy atom. The molecule has 0 saturated carbocycles. The molecule has 0 rings (SSSR count). The Bertz CT molecular complexity index is 185.